The van der Waals surface area contributed by atoms with Gasteiger partial charge in [0.2, 0.25) is 0 Å². The van der Waals surface area contributed by atoms with Crippen molar-refractivity contribution >= 4 is 17.2 Å². The summed E-state index contributed by atoms with van der Waals surface area (Å²) in [5.41, 5.74) is 5.95. The van der Waals surface area contributed by atoms with Gasteiger partial charge in [0, 0.05) is 28.3 Å². The second kappa shape index (κ2) is 5.71. The van der Waals surface area contributed by atoms with Crippen LogP contribution in [0.4, 0.5) is 11.4 Å². The van der Waals surface area contributed by atoms with Gasteiger partial charge in [0.05, 0.1) is 18.8 Å². The molecule has 3 heteroatoms. The van der Waals surface area contributed by atoms with E-state index in [0.717, 1.165) is 22.8 Å². The first kappa shape index (κ1) is 16.1. The fourth-order valence-corrected chi connectivity index (χ4v) is 4.54. The minimum atomic E-state index is -0.0318. The average Bonchev–Trinajstić information content (AvgIpc) is 2.96. The van der Waals surface area contributed by atoms with Crippen LogP contribution in [-0.2, 0) is 5.41 Å². The Balaban J connectivity index is 1.81. The first-order chi connectivity index (χ1) is 13.1. The minimum absolute atomic E-state index is 0.0318. The zero-order valence-corrected chi connectivity index (χ0v) is 15.8. The highest BCUT2D eigenvalue weighted by molar-refractivity contribution is 6.14. The number of para-hydroxylation sites is 1. The number of anilines is 1. The molecule has 27 heavy (non-hydrogen) atoms. The van der Waals surface area contributed by atoms with Crippen LogP contribution in [-0.4, -0.2) is 12.9 Å². The van der Waals surface area contributed by atoms with E-state index >= 15 is 0 Å². The molecule has 0 saturated heterocycles. The number of nitrogens with zero attached hydrogens (tertiary/aromatic N) is 2. The summed E-state index contributed by atoms with van der Waals surface area (Å²) in [5.74, 6) is 1.84. The summed E-state index contributed by atoms with van der Waals surface area (Å²) >= 11 is 0. The lowest BCUT2D eigenvalue weighted by Crippen LogP contribution is -2.40. The van der Waals surface area contributed by atoms with Crippen molar-refractivity contribution in [2.24, 2.45) is 4.99 Å². The molecular formula is C24H22N2O. The molecule has 3 aromatic carbocycles. The lowest BCUT2D eigenvalue weighted by Gasteiger charge is -2.39. The number of ether oxygens (including phenoxy) is 1. The van der Waals surface area contributed by atoms with Crippen LogP contribution < -0.4 is 9.64 Å². The van der Waals surface area contributed by atoms with Crippen molar-refractivity contribution in [1.82, 2.24) is 0 Å². The quantitative estimate of drug-likeness (QED) is 0.596. The second-order valence-corrected chi connectivity index (χ2v) is 7.74. The molecule has 134 valence electrons. The Morgan fingerprint density at radius 1 is 0.926 bits per heavy atom. The number of hydrogen-bond acceptors (Lipinski definition) is 3. The Morgan fingerprint density at radius 2 is 1.67 bits per heavy atom. The third-order valence-corrected chi connectivity index (χ3v) is 5.82. The van der Waals surface area contributed by atoms with Crippen LogP contribution in [0.25, 0.3) is 0 Å². The number of aliphatic imine (C=N–C) groups is 1. The van der Waals surface area contributed by atoms with Crippen molar-refractivity contribution in [3.63, 3.8) is 0 Å². The molecule has 0 bridgehead atoms. The van der Waals surface area contributed by atoms with Crippen molar-refractivity contribution in [3.05, 3.63) is 89.5 Å². The Labute approximate surface area is 159 Å². The molecular weight excluding hydrogens is 332 g/mol. The molecule has 2 aliphatic heterocycles. The number of benzene rings is 3. The van der Waals surface area contributed by atoms with Gasteiger partial charge in [0.15, 0.2) is 0 Å². The Kier molecular flexibility index (Phi) is 3.41. The standard InChI is InChI=1S/C24H22N2O/c1-24(2)19-11-7-8-12-21(19)26-22(24)18-14-13-17(27-3)15-20(18)25-23(26)16-9-5-4-6-10-16/h4-15,22H,1-3H3/t22-/m1/s1. The van der Waals surface area contributed by atoms with Gasteiger partial charge in [0.1, 0.15) is 11.6 Å². The van der Waals surface area contributed by atoms with Crippen molar-refractivity contribution in [2.75, 3.05) is 12.0 Å². The van der Waals surface area contributed by atoms with Crippen molar-refractivity contribution < 1.29 is 4.74 Å². The van der Waals surface area contributed by atoms with Crippen molar-refractivity contribution in [2.45, 2.75) is 25.3 Å². The summed E-state index contributed by atoms with van der Waals surface area (Å²) in [6.45, 7) is 4.66. The van der Waals surface area contributed by atoms with Gasteiger partial charge in [-0.2, -0.15) is 0 Å². The molecule has 0 aromatic heterocycles. The number of rotatable bonds is 2. The molecule has 0 spiro atoms. The maximum absolute atomic E-state index is 5.46. The van der Waals surface area contributed by atoms with E-state index in [1.54, 1.807) is 7.11 Å². The predicted molar refractivity (Wildman–Crippen MR) is 110 cm³/mol. The van der Waals surface area contributed by atoms with Crippen LogP contribution in [0.1, 0.15) is 36.6 Å². The van der Waals surface area contributed by atoms with Gasteiger partial charge in [-0.05, 0) is 17.7 Å². The third kappa shape index (κ3) is 2.24. The van der Waals surface area contributed by atoms with Crippen LogP contribution in [0.15, 0.2) is 77.8 Å². The molecule has 0 N–H and O–H groups in total. The number of amidine groups is 1. The molecule has 0 saturated carbocycles. The highest BCUT2D eigenvalue weighted by Crippen LogP contribution is 2.56. The normalized spacial score (nSPS) is 19.0. The summed E-state index contributed by atoms with van der Waals surface area (Å²) in [6.07, 6.45) is 0. The van der Waals surface area contributed by atoms with Gasteiger partial charge in [-0.25, -0.2) is 4.99 Å². The van der Waals surface area contributed by atoms with Crippen LogP contribution in [0.2, 0.25) is 0 Å². The van der Waals surface area contributed by atoms with Gasteiger partial charge >= 0.3 is 0 Å². The summed E-state index contributed by atoms with van der Waals surface area (Å²) in [5, 5.41) is 0. The number of hydrogen-bond donors (Lipinski definition) is 0. The van der Waals surface area contributed by atoms with E-state index in [1.165, 1.54) is 16.8 Å². The molecule has 0 aliphatic carbocycles. The monoisotopic (exact) mass is 354 g/mol. The molecule has 0 amide bonds. The minimum Gasteiger partial charge on any atom is -0.497 e. The van der Waals surface area contributed by atoms with Crippen molar-refractivity contribution in [1.29, 1.82) is 0 Å². The number of methoxy groups -OCH3 is 1. The van der Waals surface area contributed by atoms with Gasteiger partial charge < -0.3 is 9.64 Å². The summed E-state index contributed by atoms with van der Waals surface area (Å²) in [6, 6.07) is 25.6. The van der Waals surface area contributed by atoms with Gasteiger partial charge in [-0.1, -0.05) is 68.4 Å². The summed E-state index contributed by atoms with van der Waals surface area (Å²) in [7, 11) is 1.70. The summed E-state index contributed by atoms with van der Waals surface area (Å²) < 4.78 is 5.46. The Hall–Kier alpha value is -3.07. The van der Waals surface area contributed by atoms with E-state index in [9.17, 15) is 0 Å². The van der Waals surface area contributed by atoms with E-state index < -0.39 is 0 Å². The largest absolute Gasteiger partial charge is 0.497 e. The van der Waals surface area contributed by atoms with Crippen LogP contribution in [0.3, 0.4) is 0 Å². The first-order valence-corrected chi connectivity index (χ1v) is 9.32. The zero-order valence-electron chi connectivity index (χ0n) is 15.8. The van der Waals surface area contributed by atoms with E-state index in [0.29, 0.717) is 0 Å². The topological polar surface area (TPSA) is 24.8 Å². The van der Waals surface area contributed by atoms with E-state index in [4.69, 9.17) is 9.73 Å². The van der Waals surface area contributed by atoms with Gasteiger partial charge in [0.25, 0.3) is 0 Å². The number of fused-ring (bicyclic) bond motifs is 5. The molecule has 3 aromatic rings. The van der Waals surface area contributed by atoms with E-state index in [2.05, 4.69) is 79.4 Å². The van der Waals surface area contributed by atoms with Crippen LogP contribution in [0, 0.1) is 0 Å². The van der Waals surface area contributed by atoms with Crippen LogP contribution >= 0.6 is 0 Å². The highest BCUT2D eigenvalue weighted by Gasteiger charge is 2.49. The van der Waals surface area contributed by atoms with Gasteiger partial charge in [-0.3, -0.25) is 0 Å². The Morgan fingerprint density at radius 3 is 2.44 bits per heavy atom. The fourth-order valence-electron chi connectivity index (χ4n) is 4.54. The predicted octanol–water partition coefficient (Wildman–Crippen LogP) is 5.63. The highest BCUT2D eigenvalue weighted by atomic mass is 16.5. The van der Waals surface area contributed by atoms with Crippen molar-refractivity contribution in [3.8, 4) is 5.75 Å². The fraction of sp³-hybridized carbons (Fsp3) is 0.208. The average molecular weight is 354 g/mol. The zero-order chi connectivity index (χ0) is 18.6. The molecule has 2 aliphatic rings. The molecule has 1 atom stereocenters. The maximum Gasteiger partial charge on any atom is 0.141 e. The lowest BCUT2D eigenvalue weighted by molar-refractivity contribution is 0.413. The summed E-state index contributed by atoms with van der Waals surface area (Å²) in [4.78, 5) is 7.51. The van der Waals surface area contributed by atoms with E-state index in [-0.39, 0.29) is 11.5 Å². The van der Waals surface area contributed by atoms with Crippen LogP contribution in [0.5, 0.6) is 5.75 Å². The molecule has 3 nitrogen and oxygen atoms in total. The Bertz CT molecular complexity index is 1050. The molecule has 5 rings (SSSR count). The molecule has 2 heterocycles. The lowest BCUT2D eigenvalue weighted by atomic mass is 9.76. The smallest absolute Gasteiger partial charge is 0.141 e. The van der Waals surface area contributed by atoms with E-state index in [1.807, 2.05) is 12.1 Å². The molecule has 0 radical (unpaired) electrons. The second-order valence-electron chi connectivity index (χ2n) is 7.74. The van der Waals surface area contributed by atoms with Gasteiger partial charge in [-0.15, -0.1) is 0 Å². The SMILES string of the molecule is COc1ccc2c(c1)N=C(c1ccccc1)N1c3ccccc3C(C)(C)[C@@H]21. The maximum atomic E-state index is 5.46. The molecule has 0 fully saturated rings. The first-order valence-electron chi connectivity index (χ1n) is 9.32. The third-order valence-electron chi connectivity index (χ3n) is 5.82. The molecule has 0 unspecified atom stereocenters.